The standard InChI is InChI=1S/C22H20ClF2NO/c23-21-2-1-3-22(25)20(21)15-27-19-10-6-17(7-11-19)14-26-13-12-16-4-8-18(24)9-5-16/h1-11,26H,12-15H2. The molecule has 2 nitrogen and oxygen atoms in total. The van der Waals surface area contributed by atoms with E-state index in [0.717, 1.165) is 30.6 Å². The number of halogens is 3. The van der Waals surface area contributed by atoms with Crippen molar-refractivity contribution in [2.24, 2.45) is 0 Å². The maximum atomic E-state index is 13.7. The number of hydrogen-bond acceptors (Lipinski definition) is 2. The minimum atomic E-state index is -0.371. The quantitative estimate of drug-likeness (QED) is 0.513. The highest BCUT2D eigenvalue weighted by Crippen LogP contribution is 2.21. The van der Waals surface area contributed by atoms with E-state index in [9.17, 15) is 8.78 Å². The normalized spacial score (nSPS) is 10.8. The lowest BCUT2D eigenvalue weighted by molar-refractivity contribution is 0.300. The lowest BCUT2D eigenvalue weighted by Crippen LogP contribution is -2.16. The molecule has 0 aliphatic heterocycles. The molecular formula is C22H20ClF2NO. The predicted molar refractivity (Wildman–Crippen MR) is 104 cm³/mol. The van der Waals surface area contributed by atoms with Crippen LogP contribution in [0, 0.1) is 11.6 Å². The van der Waals surface area contributed by atoms with E-state index in [-0.39, 0.29) is 18.2 Å². The molecule has 0 fully saturated rings. The van der Waals surface area contributed by atoms with Crippen LogP contribution in [0.15, 0.2) is 66.7 Å². The first-order valence-corrected chi connectivity index (χ1v) is 9.09. The number of rotatable bonds is 8. The van der Waals surface area contributed by atoms with Gasteiger partial charge in [-0.25, -0.2) is 8.78 Å². The van der Waals surface area contributed by atoms with E-state index in [0.29, 0.717) is 16.3 Å². The van der Waals surface area contributed by atoms with Gasteiger partial charge in [-0.3, -0.25) is 0 Å². The Kier molecular flexibility index (Phi) is 6.80. The number of nitrogens with one attached hydrogen (secondary N) is 1. The summed E-state index contributed by atoms with van der Waals surface area (Å²) in [5.41, 5.74) is 2.57. The molecule has 0 aromatic heterocycles. The first-order chi connectivity index (χ1) is 13.1. The molecule has 0 bridgehead atoms. The van der Waals surface area contributed by atoms with Crippen molar-refractivity contribution in [2.45, 2.75) is 19.6 Å². The van der Waals surface area contributed by atoms with Crippen LogP contribution < -0.4 is 10.1 Å². The summed E-state index contributed by atoms with van der Waals surface area (Å²) in [4.78, 5) is 0. The summed E-state index contributed by atoms with van der Waals surface area (Å²) < 4.78 is 32.2. The van der Waals surface area contributed by atoms with Gasteiger partial charge in [-0.15, -0.1) is 0 Å². The van der Waals surface area contributed by atoms with Crippen LogP contribution >= 0.6 is 11.6 Å². The van der Waals surface area contributed by atoms with Crippen LogP contribution in [0.1, 0.15) is 16.7 Å². The second kappa shape index (κ2) is 9.49. The summed E-state index contributed by atoms with van der Waals surface area (Å²) >= 11 is 6.00. The summed E-state index contributed by atoms with van der Waals surface area (Å²) in [6.07, 6.45) is 0.838. The van der Waals surface area contributed by atoms with Crippen molar-refractivity contribution >= 4 is 11.6 Å². The van der Waals surface area contributed by atoms with Crippen molar-refractivity contribution in [1.29, 1.82) is 0 Å². The van der Waals surface area contributed by atoms with Crippen molar-refractivity contribution in [2.75, 3.05) is 6.54 Å². The molecule has 0 aliphatic rings. The van der Waals surface area contributed by atoms with Gasteiger partial charge in [-0.2, -0.15) is 0 Å². The molecule has 3 rings (SSSR count). The van der Waals surface area contributed by atoms with Crippen molar-refractivity contribution in [3.05, 3.63) is 100 Å². The highest BCUT2D eigenvalue weighted by atomic mass is 35.5. The largest absolute Gasteiger partial charge is 0.489 e. The van der Waals surface area contributed by atoms with Gasteiger partial charge in [0.25, 0.3) is 0 Å². The summed E-state index contributed by atoms with van der Waals surface area (Å²) in [6.45, 7) is 1.61. The SMILES string of the molecule is Fc1ccc(CCNCc2ccc(OCc3c(F)cccc3Cl)cc2)cc1. The molecule has 0 unspecified atom stereocenters. The third-order valence-corrected chi connectivity index (χ3v) is 4.56. The van der Waals surface area contributed by atoms with E-state index in [4.69, 9.17) is 16.3 Å². The Hall–Kier alpha value is -2.43. The lowest BCUT2D eigenvalue weighted by Gasteiger charge is -2.10. The zero-order valence-corrected chi connectivity index (χ0v) is 15.5. The Morgan fingerprint density at radius 1 is 0.852 bits per heavy atom. The van der Waals surface area contributed by atoms with Crippen molar-refractivity contribution in [3.63, 3.8) is 0 Å². The van der Waals surface area contributed by atoms with Gasteiger partial charge in [-0.1, -0.05) is 41.9 Å². The first-order valence-electron chi connectivity index (χ1n) is 8.71. The molecule has 3 aromatic rings. The van der Waals surface area contributed by atoms with E-state index >= 15 is 0 Å². The van der Waals surface area contributed by atoms with Crippen LogP contribution in [0.5, 0.6) is 5.75 Å². The van der Waals surface area contributed by atoms with Crippen LogP contribution in [0.25, 0.3) is 0 Å². The van der Waals surface area contributed by atoms with Gasteiger partial charge in [0.2, 0.25) is 0 Å². The van der Waals surface area contributed by atoms with Gasteiger partial charge in [-0.05, 0) is 60.5 Å². The zero-order valence-electron chi connectivity index (χ0n) is 14.7. The smallest absolute Gasteiger partial charge is 0.131 e. The van der Waals surface area contributed by atoms with Gasteiger partial charge < -0.3 is 10.1 Å². The number of benzene rings is 3. The predicted octanol–water partition coefficient (Wildman–Crippen LogP) is 5.53. The molecule has 0 saturated carbocycles. The zero-order chi connectivity index (χ0) is 19.1. The fraction of sp³-hybridized carbons (Fsp3) is 0.182. The van der Waals surface area contributed by atoms with Crippen LogP contribution in [0.4, 0.5) is 8.78 Å². The third-order valence-electron chi connectivity index (χ3n) is 4.20. The van der Waals surface area contributed by atoms with Gasteiger partial charge in [0.1, 0.15) is 24.0 Å². The van der Waals surface area contributed by atoms with Crippen molar-refractivity contribution < 1.29 is 13.5 Å². The molecule has 3 aromatic carbocycles. The average Bonchev–Trinajstić information content (AvgIpc) is 2.67. The second-order valence-corrected chi connectivity index (χ2v) is 6.59. The molecule has 0 spiro atoms. The van der Waals surface area contributed by atoms with Gasteiger partial charge in [0, 0.05) is 12.1 Å². The Morgan fingerprint density at radius 3 is 2.26 bits per heavy atom. The molecule has 0 heterocycles. The van der Waals surface area contributed by atoms with Crippen LogP contribution in [0.3, 0.4) is 0 Å². The molecule has 5 heteroatoms. The summed E-state index contributed by atoms with van der Waals surface area (Å²) in [5, 5.41) is 3.71. The highest BCUT2D eigenvalue weighted by molar-refractivity contribution is 6.31. The minimum Gasteiger partial charge on any atom is -0.489 e. The van der Waals surface area contributed by atoms with E-state index < -0.39 is 0 Å². The molecule has 0 atom stereocenters. The second-order valence-electron chi connectivity index (χ2n) is 6.19. The third kappa shape index (κ3) is 5.78. The fourth-order valence-corrected chi connectivity index (χ4v) is 2.86. The van der Waals surface area contributed by atoms with Gasteiger partial charge >= 0.3 is 0 Å². The monoisotopic (exact) mass is 387 g/mol. The summed E-state index contributed by atoms with van der Waals surface area (Å²) in [6, 6.07) is 18.7. The molecule has 27 heavy (non-hydrogen) atoms. The van der Waals surface area contributed by atoms with Gasteiger partial charge in [0.15, 0.2) is 0 Å². The number of ether oxygens (including phenoxy) is 1. The van der Waals surface area contributed by atoms with E-state index in [1.807, 2.05) is 24.3 Å². The molecule has 140 valence electrons. The molecule has 0 saturated heterocycles. The molecule has 1 N–H and O–H groups in total. The van der Waals surface area contributed by atoms with Crippen LogP contribution in [-0.4, -0.2) is 6.54 Å². The fourth-order valence-electron chi connectivity index (χ4n) is 2.65. The lowest BCUT2D eigenvalue weighted by atomic mass is 10.1. The van der Waals surface area contributed by atoms with E-state index in [1.54, 1.807) is 24.3 Å². The highest BCUT2D eigenvalue weighted by Gasteiger charge is 2.07. The Balaban J connectivity index is 1.44. The van der Waals surface area contributed by atoms with Crippen LogP contribution in [0.2, 0.25) is 5.02 Å². The molecule has 0 amide bonds. The maximum Gasteiger partial charge on any atom is 0.131 e. The molecular weight excluding hydrogens is 368 g/mol. The van der Waals surface area contributed by atoms with E-state index in [2.05, 4.69) is 5.32 Å². The minimum absolute atomic E-state index is 0.0841. The Labute approximate surface area is 162 Å². The topological polar surface area (TPSA) is 21.3 Å². The van der Waals surface area contributed by atoms with Crippen molar-refractivity contribution in [1.82, 2.24) is 5.32 Å². The van der Waals surface area contributed by atoms with Crippen LogP contribution in [-0.2, 0) is 19.6 Å². The summed E-state index contributed by atoms with van der Waals surface area (Å²) in [5.74, 6) is 0.0696. The maximum absolute atomic E-state index is 13.7. The Morgan fingerprint density at radius 2 is 1.56 bits per heavy atom. The summed E-state index contributed by atoms with van der Waals surface area (Å²) in [7, 11) is 0. The number of hydrogen-bond donors (Lipinski definition) is 1. The van der Waals surface area contributed by atoms with Crippen molar-refractivity contribution in [3.8, 4) is 5.75 Å². The first kappa shape index (κ1) is 19.3. The average molecular weight is 388 g/mol. The van der Waals surface area contributed by atoms with E-state index in [1.165, 1.54) is 18.2 Å². The molecule has 0 radical (unpaired) electrons. The Bertz CT molecular complexity index is 846. The molecule has 0 aliphatic carbocycles. The van der Waals surface area contributed by atoms with Gasteiger partial charge in [0.05, 0.1) is 5.02 Å².